The molecule has 0 unspecified atom stereocenters. The van der Waals surface area contributed by atoms with E-state index in [0.717, 1.165) is 25.7 Å². The minimum Gasteiger partial charge on any atom is -0.392 e. The van der Waals surface area contributed by atoms with Gasteiger partial charge in [-0.3, -0.25) is 4.79 Å². The Hall–Kier alpha value is -0.370. The first-order chi connectivity index (χ1) is 4.72. The number of aliphatic hydroxyl groups excluding tert-OH is 1. The van der Waals surface area contributed by atoms with Crippen LogP contribution in [0, 0.1) is 5.92 Å². The fraction of sp³-hybridized carbons (Fsp3) is 0.875. The smallest absolute Gasteiger partial charge is 0.135 e. The Kier molecular flexibility index (Phi) is 2.44. The molecule has 1 rings (SSSR count). The predicted octanol–water partition coefficient (Wildman–Crippen LogP) is 1.13. The van der Waals surface area contributed by atoms with E-state index in [9.17, 15) is 9.90 Å². The second kappa shape index (κ2) is 3.15. The summed E-state index contributed by atoms with van der Waals surface area (Å²) in [5.74, 6) is 0.0842. The lowest BCUT2D eigenvalue weighted by Crippen LogP contribution is -2.29. The Bertz CT molecular complexity index is 131. The summed E-state index contributed by atoms with van der Waals surface area (Å²) in [4.78, 5) is 10.8. The summed E-state index contributed by atoms with van der Waals surface area (Å²) in [6, 6.07) is 0. The van der Waals surface area contributed by atoms with Crippen molar-refractivity contribution in [1.29, 1.82) is 0 Å². The zero-order chi connectivity index (χ0) is 7.56. The Morgan fingerprint density at radius 3 is 2.40 bits per heavy atom. The standard InChI is InChI=1S/C8H14O2/c1-6(9)7-4-2-3-5-8(7)10/h7-8,10H,2-5H2,1H3/t7-,8+/m1/s1. The number of Topliss-reactive ketones (excluding diaryl/α,β-unsaturated/α-hetero) is 1. The van der Waals surface area contributed by atoms with Gasteiger partial charge in [-0.05, 0) is 19.8 Å². The Balaban J connectivity index is 2.47. The van der Waals surface area contributed by atoms with Gasteiger partial charge >= 0.3 is 0 Å². The van der Waals surface area contributed by atoms with Crippen molar-refractivity contribution in [3.63, 3.8) is 0 Å². The van der Waals surface area contributed by atoms with Crippen molar-refractivity contribution in [2.75, 3.05) is 0 Å². The van der Waals surface area contributed by atoms with Gasteiger partial charge in [-0.15, -0.1) is 0 Å². The third-order valence-corrected chi connectivity index (χ3v) is 2.25. The van der Waals surface area contributed by atoms with Crippen LogP contribution in [0.1, 0.15) is 32.6 Å². The van der Waals surface area contributed by atoms with Crippen LogP contribution in [-0.4, -0.2) is 17.0 Å². The molecular formula is C8H14O2. The van der Waals surface area contributed by atoms with Crippen LogP contribution in [-0.2, 0) is 4.79 Å². The molecule has 1 aliphatic rings. The Labute approximate surface area is 61.2 Å². The summed E-state index contributed by atoms with van der Waals surface area (Å²) in [5, 5.41) is 9.32. The van der Waals surface area contributed by atoms with Gasteiger partial charge in [-0.25, -0.2) is 0 Å². The first kappa shape index (κ1) is 7.73. The van der Waals surface area contributed by atoms with Crippen LogP contribution in [0.2, 0.25) is 0 Å². The van der Waals surface area contributed by atoms with Crippen molar-refractivity contribution >= 4 is 5.78 Å². The van der Waals surface area contributed by atoms with Gasteiger partial charge in [0.15, 0.2) is 0 Å². The molecule has 1 aliphatic carbocycles. The molecule has 0 amide bonds. The van der Waals surface area contributed by atoms with E-state index in [1.165, 1.54) is 0 Å². The molecule has 0 aromatic rings. The van der Waals surface area contributed by atoms with Crippen LogP contribution in [0.3, 0.4) is 0 Å². The van der Waals surface area contributed by atoms with Gasteiger partial charge in [0, 0.05) is 5.92 Å². The van der Waals surface area contributed by atoms with Crippen molar-refractivity contribution in [3.8, 4) is 0 Å². The third kappa shape index (κ3) is 1.57. The monoisotopic (exact) mass is 142 g/mol. The van der Waals surface area contributed by atoms with Gasteiger partial charge in [0.25, 0.3) is 0 Å². The highest BCUT2D eigenvalue weighted by atomic mass is 16.3. The molecule has 0 aliphatic heterocycles. The Morgan fingerprint density at radius 1 is 1.40 bits per heavy atom. The Morgan fingerprint density at radius 2 is 2.00 bits per heavy atom. The van der Waals surface area contributed by atoms with E-state index < -0.39 is 0 Å². The number of carbonyl (C=O) groups excluding carboxylic acids is 1. The summed E-state index contributed by atoms with van der Waals surface area (Å²) in [6.07, 6.45) is 3.51. The first-order valence-electron chi connectivity index (χ1n) is 3.90. The molecule has 2 nitrogen and oxygen atoms in total. The van der Waals surface area contributed by atoms with Crippen LogP contribution in [0.25, 0.3) is 0 Å². The zero-order valence-electron chi connectivity index (χ0n) is 6.34. The van der Waals surface area contributed by atoms with Gasteiger partial charge in [0.05, 0.1) is 6.10 Å². The molecular weight excluding hydrogens is 128 g/mol. The first-order valence-corrected chi connectivity index (χ1v) is 3.90. The average Bonchev–Trinajstić information content (AvgIpc) is 1.88. The van der Waals surface area contributed by atoms with Crippen LogP contribution in [0.15, 0.2) is 0 Å². The quantitative estimate of drug-likeness (QED) is 0.595. The molecule has 0 spiro atoms. The van der Waals surface area contributed by atoms with E-state index in [2.05, 4.69) is 0 Å². The van der Waals surface area contributed by atoms with Gasteiger partial charge in [0.1, 0.15) is 5.78 Å². The van der Waals surface area contributed by atoms with E-state index in [0.29, 0.717) is 0 Å². The third-order valence-electron chi connectivity index (χ3n) is 2.25. The van der Waals surface area contributed by atoms with Crippen LogP contribution in [0.4, 0.5) is 0 Å². The summed E-state index contributed by atoms with van der Waals surface area (Å²) in [5.41, 5.74) is 0. The van der Waals surface area contributed by atoms with Gasteiger partial charge < -0.3 is 5.11 Å². The lowest BCUT2D eigenvalue weighted by Gasteiger charge is -2.24. The molecule has 0 aromatic heterocycles. The fourth-order valence-electron chi connectivity index (χ4n) is 1.59. The number of hydrogen-bond donors (Lipinski definition) is 1. The average molecular weight is 142 g/mol. The van der Waals surface area contributed by atoms with Crippen molar-refractivity contribution in [3.05, 3.63) is 0 Å². The van der Waals surface area contributed by atoms with E-state index in [1.807, 2.05) is 0 Å². The number of ketones is 1. The lowest BCUT2D eigenvalue weighted by molar-refractivity contribution is -0.125. The number of carbonyl (C=O) groups is 1. The van der Waals surface area contributed by atoms with Crippen LogP contribution >= 0.6 is 0 Å². The molecule has 0 saturated heterocycles. The van der Waals surface area contributed by atoms with E-state index in [1.54, 1.807) is 6.92 Å². The maximum absolute atomic E-state index is 10.8. The SMILES string of the molecule is CC(=O)[C@H]1CCCC[C@@H]1O. The molecule has 0 radical (unpaired) electrons. The van der Waals surface area contributed by atoms with Crippen molar-refractivity contribution in [1.82, 2.24) is 0 Å². The topological polar surface area (TPSA) is 37.3 Å². The number of rotatable bonds is 1. The van der Waals surface area contributed by atoms with E-state index in [-0.39, 0.29) is 17.8 Å². The van der Waals surface area contributed by atoms with Crippen molar-refractivity contribution < 1.29 is 9.90 Å². The predicted molar refractivity (Wildman–Crippen MR) is 38.6 cm³/mol. The molecule has 1 N–H and O–H groups in total. The number of hydrogen-bond acceptors (Lipinski definition) is 2. The van der Waals surface area contributed by atoms with Gasteiger partial charge in [-0.1, -0.05) is 12.8 Å². The number of aliphatic hydroxyl groups is 1. The summed E-state index contributed by atoms with van der Waals surface area (Å²) < 4.78 is 0. The highest BCUT2D eigenvalue weighted by molar-refractivity contribution is 5.78. The molecule has 58 valence electrons. The highest BCUT2D eigenvalue weighted by Crippen LogP contribution is 2.24. The van der Waals surface area contributed by atoms with Crippen molar-refractivity contribution in [2.24, 2.45) is 5.92 Å². The van der Waals surface area contributed by atoms with Gasteiger partial charge in [-0.2, -0.15) is 0 Å². The second-order valence-electron chi connectivity index (χ2n) is 3.07. The molecule has 1 saturated carbocycles. The van der Waals surface area contributed by atoms with Crippen LogP contribution in [0.5, 0.6) is 0 Å². The van der Waals surface area contributed by atoms with Gasteiger partial charge in [0.2, 0.25) is 0 Å². The molecule has 2 heteroatoms. The maximum Gasteiger partial charge on any atom is 0.135 e. The molecule has 0 aromatic carbocycles. The van der Waals surface area contributed by atoms with Crippen LogP contribution < -0.4 is 0 Å². The van der Waals surface area contributed by atoms with E-state index in [4.69, 9.17) is 0 Å². The molecule has 10 heavy (non-hydrogen) atoms. The second-order valence-corrected chi connectivity index (χ2v) is 3.07. The molecule has 2 atom stereocenters. The highest BCUT2D eigenvalue weighted by Gasteiger charge is 2.26. The van der Waals surface area contributed by atoms with E-state index >= 15 is 0 Å². The summed E-state index contributed by atoms with van der Waals surface area (Å²) in [6.45, 7) is 1.57. The van der Waals surface area contributed by atoms with Crippen molar-refractivity contribution in [2.45, 2.75) is 38.7 Å². The minimum absolute atomic E-state index is 0.0613. The fourth-order valence-corrected chi connectivity index (χ4v) is 1.59. The largest absolute Gasteiger partial charge is 0.392 e. The minimum atomic E-state index is -0.355. The summed E-state index contributed by atoms with van der Waals surface area (Å²) in [7, 11) is 0. The normalized spacial score (nSPS) is 33.8. The molecule has 0 bridgehead atoms. The maximum atomic E-state index is 10.8. The summed E-state index contributed by atoms with van der Waals surface area (Å²) >= 11 is 0. The lowest BCUT2D eigenvalue weighted by atomic mass is 9.84. The zero-order valence-corrected chi connectivity index (χ0v) is 6.34. The molecule has 1 fully saturated rings. The molecule has 0 heterocycles.